The van der Waals surface area contributed by atoms with Gasteiger partial charge < -0.3 is 14.4 Å². The number of fused-ring (bicyclic) bond motifs is 2. The first-order chi connectivity index (χ1) is 16.2. The van der Waals surface area contributed by atoms with Gasteiger partial charge in [-0.25, -0.2) is 4.99 Å². The highest BCUT2D eigenvalue weighted by atomic mass is 16.5. The summed E-state index contributed by atoms with van der Waals surface area (Å²) in [6, 6.07) is 20.1. The molecule has 0 radical (unpaired) electrons. The molecule has 0 N–H and O–H groups in total. The van der Waals surface area contributed by atoms with Crippen molar-refractivity contribution >= 4 is 6.02 Å². The standard InChI is InChI=1S/C28H35N3O2/c1-3-27(13-17-30(18-14-27)21-23-9-5-4-6-10-23)33-26(29-2)31-19-15-28(16-20-31)25-12-8-7-11-24(25)22-32-28/h3-12H,1,13-22H2,2H3. The SMILES string of the molecule is C=CC1(OC(=NC)N2CCC3(CC2)OCc2ccccc23)CCN(Cc2ccccc2)CC1. The third-order valence-corrected chi connectivity index (χ3v) is 7.66. The van der Waals surface area contributed by atoms with Crippen molar-refractivity contribution in [2.75, 3.05) is 33.2 Å². The Kier molecular flexibility index (Phi) is 6.26. The lowest BCUT2D eigenvalue weighted by Gasteiger charge is -2.44. The fourth-order valence-electron chi connectivity index (χ4n) is 5.57. The van der Waals surface area contributed by atoms with Crippen LogP contribution in [-0.4, -0.2) is 54.6 Å². The van der Waals surface area contributed by atoms with Gasteiger partial charge in [-0.3, -0.25) is 4.90 Å². The van der Waals surface area contributed by atoms with Crippen molar-refractivity contribution in [3.05, 3.63) is 83.9 Å². The molecule has 0 unspecified atom stereocenters. The van der Waals surface area contributed by atoms with Gasteiger partial charge in [-0.15, -0.1) is 0 Å². The van der Waals surface area contributed by atoms with Gasteiger partial charge in [0.2, 0.25) is 0 Å². The Labute approximate surface area is 197 Å². The van der Waals surface area contributed by atoms with Crippen LogP contribution in [0.25, 0.3) is 0 Å². The fraction of sp³-hybridized carbons (Fsp3) is 0.464. The van der Waals surface area contributed by atoms with E-state index in [0.717, 1.165) is 71.0 Å². The van der Waals surface area contributed by atoms with E-state index in [9.17, 15) is 0 Å². The number of piperidine rings is 2. The molecule has 5 rings (SSSR count). The third kappa shape index (κ3) is 4.44. The van der Waals surface area contributed by atoms with Crippen LogP contribution in [0, 0.1) is 0 Å². The monoisotopic (exact) mass is 445 g/mol. The van der Waals surface area contributed by atoms with Crippen molar-refractivity contribution in [2.24, 2.45) is 4.99 Å². The van der Waals surface area contributed by atoms with Crippen molar-refractivity contribution in [1.82, 2.24) is 9.80 Å². The van der Waals surface area contributed by atoms with E-state index < -0.39 is 0 Å². The maximum atomic E-state index is 6.63. The van der Waals surface area contributed by atoms with Gasteiger partial charge in [-0.1, -0.05) is 61.2 Å². The van der Waals surface area contributed by atoms with Gasteiger partial charge in [-0.2, -0.15) is 0 Å². The fourth-order valence-corrected chi connectivity index (χ4v) is 5.57. The van der Waals surface area contributed by atoms with Gasteiger partial charge in [0, 0.05) is 52.6 Å². The number of ether oxygens (including phenoxy) is 2. The van der Waals surface area contributed by atoms with Crippen molar-refractivity contribution < 1.29 is 9.47 Å². The predicted molar refractivity (Wildman–Crippen MR) is 132 cm³/mol. The molecule has 0 saturated carbocycles. The molecule has 0 aliphatic carbocycles. The summed E-state index contributed by atoms with van der Waals surface area (Å²) in [5, 5.41) is 0. The minimum Gasteiger partial charge on any atom is -0.454 e. The zero-order chi connectivity index (χ0) is 22.7. The van der Waals surface area contributed by atoms with Crippen LogP contribution in [0.1, 0.15) is 42.4 Å². The number of likely N-dealkylation sites (tertiary alicyclic amines) is 2. The molecule has 3 heterocycles. The molecule has 0 atom stereocenters. The van der Waals surface area contributed by atoms with Gasteiger partial charge in [0.05, 0.1) is 12.2 Å². The predicted octanol–water partition coefficient (Wildman–Crippen LogP) is 4.73. The highest BCUT2D eigenvalue weighted by molar-refractivity contribution is 5.74. The molecule has 0 bridgehead atoms. The van der Waals surface area contributed by atoms with Gasteiger partial charge >= 0.3 is 0 Å². The van der Waals surface area contributed by atoms with E-state index in [1.807, 2.05) is 13.1 Å². The largest absolute Gasteiger partial charge is 0.454 e. The first-order valence-electron chi connectivity index (χ1n) is 12.2. The molecule has 5 nitrogen and oxygen atoms in total. The van der Waals surface area contributed by atoms with Crippen LogP contribution in [0.3, 0.4) is 0 Å². The molecule has 3 aliphatic heterocycles. The molecule has 2 fully saturated rings. The number of hydrogen-bond acceptors (Lipinski definition) is 4. The molecule has 2 saturated heterocycles. The first-order valence-corrected chi connectivity index (χ1v) is 12.2. The molecular weight excluding hydrogens is 410 g/mol. The Hall–Kier alpha value is -2.63. The molecule has 2 aromatic rings. The molecule has 0 aromatic heterocycles. The van der Waals surface area contributed by atoms with E-state index >= 15 is 0 Å². The number of nitrogens with zero attached hydrogens (tertiary/aromatic N) is 3. The van der Waals surface area contributed by atoms with Crippen molar-refractivity contribution in [1.29, 1.82) is 0 Å². The van der Waals surface area contributed by atoms with E-state index in [4.69, 9.17) is 9.47 Å². The van der Waals surface area contributed by atoms with E-state index in [-0.39, 0.29) is 11.2 Å². The van der Waals surface area contributed by atoms with E-state index in [1.165, 1.54) is 16.7 Å². The number of amidine groups is 1. The average Bonchev–Trinajstić information content (AvgIpc) is 3.23. The summed E-state index contributed by atoms with van der Waals surface area (Å²) in [6.45, 7) is 9.60. The highest BCUT2D eigenvalue weighted by Crippen LogP contribution is 2.44. The van der Waals surface area contributed by atoms with Crippen LogP contribution in [0.15, 0.2) is 72.2 Å². The number of rotatable bonds is 4. The molecule has 1 spiro atoms. The maximum absolute atomic E-state index is 6.63. The summed E-state index contributed by atoms with van der Waals surface area (Å²) in [7, 11) is 1.84. The van der Waals surface area contributed by atoms with Crippen LogP contribution in [0.2, 0.25) is 0 Å². The third-order valence-electron chi connectivity index (χ3n) is 7.66. The quantitative estimate of drug-likeness (QED) is 0.387. The molecule has 2 aromatic carbocycles. The van der Waals surface area contributed by atoms with Crippen molar-refractivity contribution in [3.8, 4) is 0 Å². The Bertz CT molecular complexity index is 987. The molecule has 3 aliphatic rings. The lowest BCUT2D eigenvalue weighted by atomic mass is 9.84. The second-order valence-corrected chi connectivity index (χ2v) is 9.57. The Balaban J connectivity index is 1.19. The summed E-state index contributed by atoms with van der Waals surface area (Å²) < 4.78 is 13.0. The van der Waals surface area contributed by atoms with Gasteiger partial charge in [-0.05, 0) is 35.6 Å². The van der Waals surface area contributed by atoms with Crippen LogP contribution in [0.4, 0.5) is 0 Å². The van der Waals surface area contributed by atoms with Crippen LogP contribution < -0.4 is 0 Å². The molecule has 33 heavy (non-hydrogen) atoms. The minimum absolute atomic E-state index is 0.148. The molecular formula is C28H35N3O2. The smallest absolute Gasteiger partial charge is 0.287 e. The highest BCUT2D eigenvalue weighted by Gasteiger charge is 2.44. The summed E-state index contributed by atoms with van der Waals surface area (Å²) in [5.41, 5.74) is 3.56. The zero-order valence-electron chi connectivity index (χ0n) is 19.7. The van der Waals surface area contributed by atoms with E-state index in [1.54, 1.807) is 0 Å². The average molecular weight is 446 g/mol. The first kappa shape index (κ1) is 22.2. The molecule has 5 heteroatoms. The second-order valence-electron chi connectivity index (χ2n) is 9.57. The Morgan fingerprint density at radius 2 is 1.70 bits per heavy atom. The summed E-state index contributed by atoms with van der Waals surface area (Å²) in [5.74, 6) is 0. The van der Waals surface area contributed by atoms with Crippen LogP contribution >= 0.6 is 0 Å². The van der Waals surface area contributed by atoms with Crippen molar-refractivity contribution in [2.45, 2.75) is 50.0 Å². The molecule has 0 amide bonds. The minimum atomic E-state index is -0.354. The van der Waals surface area contributed by atoms with E-state index in [0.29, 0.717) is 0 Å². The summed E-state index contributed by atoms with van der Waals surface area (Å²) >= 11 is 0. The number of hydrogen-bond donors (Lipinski definition) is 0. The second kappa shape index (κ2) is 9.32. The Morgan fingerprint density at radius 3 is 2.39 bits per heavy atom. The summed E-state index contributed by atoms with van der Waals surface area (Å²) in [6.07, 6.45) is 5.77. The van der Waals surface area contributed by atoms with Crippen molar-refractivity contribution in [3.63, 3.8) is 0 Å². The zero-order valence-corrected chi connectivity index (χ0v) is 19.7. The van der Waals surface area contributed by atoms with Gasteiger partial charge in [0.25, 0.3) is 6.02 Å². The van der Waals surface area contributed by atoms with E-state index in [2.05, 4.69) is 76.0 Å². The van der Waals surface area contributed by atoms with Gasteiger partial charge in [0.1, 0.15) is 5.60 Å². The number of aliphatic imine (C=N–C) groups is 1. The molecule has 174 valence electrons. The normalized spacial score (nSPS) is 22.2. The van der Waals surface area contributed by atoms with Gasteiger partial charge in [0.15, 0.2) is 0 Å². The van der Waals surface area contributed by atoms with Crippen LogP contribution in [-0.2, 0) is 28.2 Å². The lowest BCUT2D eigenvalue weighted by Crippen LogP contribution is -2.51. The number of benzene rings is 2. The lowest BCUT2D eigenvalue weighted by molar-refractivity contribution is -0.0757. The Morgan fingerprint density at radius 1 is 1.00 bits per heavy atom. The topological polar surface area (TPSA) is 37.3 Å². The van der Waals surface area contributed by atoms with Crippen LogP contribution in [0.5, 0.6) is 0 Å². The maximum Gasteiger partial charge on any atom is 0.287 e. The summed E-state index contributed by atoms with van der Waals surface area (Å²) in [4.78, 5) is 9.35.